The van der Waals surface area contributed by atoms with Crippen LogP contribution in [0.2, 0.25) is 0 Å². The van der Waals surface area contributed by atoms with Crippen LogP contribution < -0.4 is 40.2 Å². The van der Waals surface area contributed by atoms with Crippen LogP contribution in [-0.4, -0.2) is 19.3 Å². The molecule has 0 amide bonds. The zero-order valence-electron chi connectivity index (χ0n) is 16.3. The molecule has 2 aliphatic rings. The Morgan fingerprint density at radius 3 is 2.60 bits per heavy atom. The van der Waals surface area contributed by atoms with E-state index in [1.54, 1.807) is 19.1 Å². The van der Waals surface area contributed by atoms with Crippen LogP contribution in [0.5, 0.6) is 5.88 Å². The van der Waals surface area contributed by atoms with Gasteiger partial charge in [0.05, 0.1) is 21.5 Å². The van der Waals surface area contributed by atoms with Crippen LogP contribution in [-0.2, 0) is 6.54 Å². The number of thiazole rings is 1. The number of rotatable bonds is 3. The normalized spacial score (nSPS) is 11.1. The first-order valence-corrected chi connectivity index (χ1v) is 9.73. The summed E-state index contributed by atoms with van der Waals surface area (Å²) in [6.45, 7) is 1.96. The van der Waals surface area contributed by atoms with Crippen molar-refractivity contribution in [3.05, 3.63) is 82.0 Å². The maximum absolute atomic E-state index is 13.2. The number of benzene rings is 2. The quantitative estimate of drug-likeness (QED) is 0.388. The second kappa shape index (κ2) is 7.96. The van der Waals surface area contributed by atoms with Crippen LogP contribution in [0.15, 0.2) is 59.4 Å². The first-order valence-electron chi connectivity index (χ1n) is 8.92. The van der Waals surface area contributed by atoms with E-state index in [-0.39, 0.29) is 53.4 Å². The van der Waals surface area contributed by atoms with Gasteiger partial charge in [-0.3, -0.25) is 4.79 Å². The fourth-order valence-electron chi connectivity index (χ4n) is 3.40. The molecule has 0 saturated heterocycles. The molecule has 2 aliphatic heterocycles. The van der Waals surface area contributed by atoms with Gasteiger partial charge < -0.3 is 9.67 Å². The average molecular weight is 428 g/mol. The third-order valence-corrected chi connectivity index (χ3v) is 5.89. The molecule has 0 bridgehead atoms. The van der Waals surface area contributed by atoms with Gasteiger partial charge >= 0.3 is 29.6 Å². The van der Waals surface area contributed by atoms with Gasteiger partial charge in [0.2, 0.25) is 5.13 Å². The van der Waals surface area contributed by atoms with Crippen LogP contribution >= 0.6 is 11.3 Å². The minimum atomic E-state index is -0.341. The number of halogens is 1. The van der Waals surface area contributed by atoms with E-state index in [2.05, 4.69) is 10.1 Å². The summed E-state index contributed by atoms with van der Waals surface area (Å²) in [5.74, 6) is -0.611. The summed E-state index contributed by atoms with van der Waals surface area (Å²) in [5.41, 5.74) is 2.48. The SMILES string of the molecule is Cc1c2c(=O)n(-c3nc4ccccc4s3)nc-2cc([O-])n1Cc1ccc(F)cc1.[Na+]. The average Bonchev–Trinajstić information content (AvgIpc) is 3.27. The summed E-state index contributed by atoms with van der Waals surface area (Å²) in [7, 11) is 0. The molecule has 6 nitrogen and oxygen atoms in total. The zero-order chi connectivity index (χ0) is 20.1. The van der Waals surface area contributed by atoms with Gasteiger partial charge in [-0.05, 0) is 48.7 Å². The predicted molar refractivity (Wildman–Crippen MR) is 107 cm³/mol. The minimum absolute atomic E-state index is 0. The van der Waals surface area contributed by atoms with Crippen molar-refractivity contribution in [2.24, 2.45) is 0 Å². The summed E-state index contributed by atoms with van der Waals surface area (Å²) < 4.78 is 16.9. The number of nitrogens with zero attached hydrogens (tertiary/aromatic N) is 4. The smallest absolute Gasteiger partial charge is 0.860 e. The molecule has 144 valence electrons. The Morgan fingerprint density at radius 2 is 1.87 bits per heavy atom. The summed E-state index contributed by atoms with van der Waals surface area (Å²) in [6.07, 6.45) is 0. The summed E-state index contributed by atoms with van der Waals surface area (Å²) in [4.78, 5) is 17.6. The van der Waals surface area contributed by atoms with Gasteiger partial charge in [0.1, 0.15) is 5.82 Å². The van der Waals surface area contributed by atoms with Gasteiger partial charge in [-0.1, -0.05) is 35.6 Å². The first kappa shape index (κ1) is 20.7. The Morgan fingerprint density at radius 1 is 1.13 bits per heavy atom. The van der Waals surface area contributed by atoms with Gasteiger partial charge in [0.25, 0.3) is 5.56 Å². The van der Waals surface area contributed by atoms with Crippen LogP contribution in [0.3, 0.4) is 0 Å². The number of hydrogen-bond acceptors (Lipinski definition) is 5. The van der Waals surface area contributed by atoms with Crippen molar-refractivity contribution >= 4 is 21.6 Å². The molecule has 0 radical (unpaired) electrons. The molecule has 0 N–H and O–H groups in total. The number of para-hydroxylation sites is 1. The minimum Gasteiger partial charge on any atom is -0.860 e. The topological polar surface area (TPSA) is 75.8 Å². The third-order valence-electron chi connectivity index (χ3n) is 4.88. The number of aromatic nitrogens is 4. The fourth-order valence-corrected chi connectivity index (χ4v) is 4.32. The standard InChI is InChI=1S/C21H15FN4O2S.Na/c1-12-19-16(10-18(27)25(12)11-13-6-8-14(22)9-7-13)24-26(20(19)28)21-23-15-4-2-3-5-17(15)29-21;/h2-10,27H,11H2,1H3;/q;+1/p-1. The molecule has 0 saturated carbocycles. The summed E-state index contributed by atoms with van der Waals surface area (Å²) in [6, 6.07) is 14.9. The molecule has 5 rings (SSSR count). The Kier molecular flexibility index (Phi) is 5.50. The van der Waals surface area contributed by atoms with E-state index in [9.17, 15) is 14.3 Å². The van der Waals surface area contributed by atoms with E-state index in [4.69, 9.17) is 0 Å². The van der Waals surface area contributed by atoms with E-state index < -0.39 is 0 Å². The number of fused-ring (bicyclic) bond motifs is 2. The molecule has 0 unspecified atom stereocenters. The monoisotopic (exact) mass is 428 g/mol. The van der Waals surface area contributed by atoms with E-state index >= 15 is 0 Å². The van der Waals surface area contributed by atoms with Crippen LogP contribution in [0.4, 0.5) is 4.39 Å². The molecule has 30 heavy (non-hydrogen) atoms. The van der Waals surface area contributed by atoms with Crippen molar-refractivity contribution in [3.63, 3.8) is 0 Å². The van der Waals surface area contributed by atoms with E-state index in [0.717, 1.165) is 15.8 Å². The van der Waals surface area contributed by atoms with Crippen molar-refractivity contribution in [2.45, 2.75) is 13.5 Å². The molecule has 0 fully saturated rings. The van der Waals surface area contributed by atoms with Crippen molar-refractivity contribution in [2.75, 3.05) is 0 Å². The van der Waals surface area contributed by atoms with Crippen LogP contribution in [0.25, 0.3) is 26.6 Å². The zero-order valence-corrected chi connectivity index (χ0v) is 19.1. The maximum Gasteiger partial charge on any atom is 1.00 e. The van der Waals surface area contributed by atoms with Gasteiger partial charge in [0.15, 0.2) is 0 Å². The summed E-state index contributed by atoms with van der Waals surface area (Å²) >= 11 is 1.37. The van der Waals surface area contributed by atoms with Crippen LogP contribution in [0, 0.1) is 12.7 Å². The molecule has 3 heterocycles. The Labute approximate surface area is 196 Å². The van der Waals surface area contributed by atoms with Crippen molar-refractivity contribution in [1.29, 1.82) is 0 Å². The first-order chi connectivity index (χ1) is 14.0. The van der Waals surface area contributed by atoms with Gasteiger partial charge in [-0.15, -0.1) is 0 Å². The van der Waals surface area contributed by atoms with Gasteiger partial charge in [0, 0.05) is 12.2 Å². The fraction of sp³-hybridized carbons (Fsp3) is 0.0952. The van der Waals surface area contributed by atoms with Crippen molar-refractivity contribution < 1.29 is 39.1 Å². The molecule has 0 spiro atoms. The summed E-state index contributed by atoms with van der Waals surface area (Å²) in [5, 5.41) is 17.5. The molecule has 0 aliphatic carbocycles. The molecule has 1 aromatic heterocycles. The molecule has 2 aromatic carbocycles. The third kappa shape index (κ3) is 3.45. The Bertz CT molecular complexity index is 1360. The molecule has 9 heteroatoms. The Balaban J connectivity index is 0.00000218. The van der Waals surface area contributed by atoms with Crippen LogP contribution in [0.1, 0.15) is 11.3 Å². The van der Waals surface area contributed by atoms with Crippen molar-refractivity contribution in [1.82, 2.24) is 19.3 Å². The molecular formula is C21H14FN4NaO2S. The van der Waals surface area contributed by atoms with Gasteiger partial charge in [-0.2, -0.15) is 9.78 Å². The Hall–Kier alpha value is -2.52. The van der Waals surface area contributed by atoms with E-state index in [0.29, 0.717) is 22.1 Å². The maximum atomic E-state index is 13.2. The van der Waals surface area contributed by atoms with E-state index in [1.165, 1.54) is 38.8 Å². The second-order valence-electron chi connectivity index (χ2n) is 6.72. The van der Waals surface area contributed by atoms with Gasteiger partial charge in [-0.25, -0.2) is 9.37 Å². The molecule has 0 atom stereocenters. The molecular weight excluding hydrogens is 414 g/mol. The molecule has 3 aromatic rings. The predicted octanol–water partition coefficient (Wildman–Crippen LogP) is 0.322. The number of pyridine rings is 1. The van der Waals surface area contributed by atoms with Crippen molar-refractivity contribution in [3.8, 4) is 22.3 Å². The number of hydrogen-bond donors (Lipinski definition) is 0. The van der Waals surface area contributed by atoms with E-state index in [1.807, 2.05) is 24.3 Å². The second-order valence-corrected chi connectivity index (χ2v) is 7.73. The largest absolute Gasteiger partial charge is 1.00 e.